The van der Waals surface area contributed by atoms with Gasteiger partial charge in [0.1, 0.15) is 0 Å². The lowest BCUT2D eigenvalue weighted by atomic mass is 9.92. The van der Waals surface area contributed by atoms with Crippen molar-refractivity contribution >= 4 is 0 Å². The molecule has 2 unspecified atom stereocenters. The Kier molecular flexibility index (Phi) is 3.44. The number of aliphatic hydroxyl groups is 1. The number of aliphatic hydroxyl groups excluding tert-OH is 1. The first kappa shape index (κ1) is 10.7. The van der Waals surface area contributed by atoms with Gasteiger partial charge in [-0.3, -0.25) is 0 Å². The van der Waals surface area contributed by atoms with E-state index >= 15 is 0 Å². The Balaban J connectivity index is 1.84. The van der Waals surface area contributed by atoms with Crippen LogP contribution in [0.1, 0.15) is 31.4 Å². The molecule has 1 saturated carbocycles. The van der Waals surface area contributed by atoms with E-state index in [2.05, 4.69) is 16.0 Å². The first-order valence-electron chi connectivity index (χ1n) is 5.79. The molecule has 0 saturated heterocycles. The zero-order chi connectivity index (χ0) is 10.7. The summed E-state index contributed by atoms with van der Waals surface area (Å²) in [6.45, 7) is 0.852. The molecule has 1 heterocycles. The molecule has 0 aliphatic heterocycles. The fourth-order valence-electron chi connectivity index (χ4n) is 2.27. The third kappa shape index (κ3) is 2.61. The molecule has 2 atom stereocenters. The van der Waals surface area contributed by atoms with Crippen LogP contribution < -0.4 is 5.32 Å². The predicted molar refractivity (Wildman–Crippen MR) is 60.5 cm³/mol. The van der Waals surface area contributed by atoms with Crippen LogP contribution in [-0.2, 0) is 13.6 Å². The van der Waals surface area contributed by atoms with E-state index in [0.717, 1.165) is 19.4 Å². The third-order valence-electron chi connectivity index (χ3n) is 3.33. The van der Waals surface area contributed by atoms with E-state index in [1.54, 1.807) is 0 Å². The highest BCUT2D eigenvalue weighted by molar-refractivity contribution is 5.06. The number of hydrogen-bond acceptors (Lipinski definition) is 2. The number of nitrogens with one attached hydrogen (secondary N) is 1. The van der Waals surface area contributed by atoms with Gasteiger partial charge >= 0.3 is 0 Å². The molecular weight excluding hydrogens is 188 g/mol. The van der Waals surface area contributed by atoms with Crippen LogP contribution >= 0.6 is 0 Å². The van der Waals surface area contributed by atoms with Crippen molar-refractivity contribution in [1.82, 2.24) is 9.88 Å². The molecule has 0 amide bonds. The van der Waals surface area contributed by atoms with Crippen molar-refractivity contribution in [1.29, 1.82) is 0 Å². The lowest BCUT2D eigenvalue weighted by Gasteiger charge is -2.28. The lowest BCUT2D eigenvalue weighted by molar-refractivity contribution is 0.0900. The van der Waals surface area contributed by atoms with E-state index in [0.29, 0.717) is 0 Å². The molecule has 15 heavy (non-hydrogen) atoms. The van der Waals surface area contributed by atoms with E-state index in [1.807, 2.05) is 19.3 Å². The van der Waals surface area contributed by atoms with Gasteiger partial charge in [-0.2, -0.15) is 0 Å². The fraction of sp³-hybridized carbons (Fsp3) is 0.667. The summed E-state index contributed by atoms with van der Waals surface area (Å²) >= 11 is 0. The summed E-state index contributed by atoms with van der Waals surface area (Å²) < 4.78 is 2.11. The minimum Gasteiger partial charge on any atom is -0.392 e. The average molecular weight is 208 g/mol. The molecule has 2 N–H and O–H groups in total. The number of aryl methyl sites for hydroxylation is 1. The summed E-state index contributed by atoms with van der Waals surface area (Å²) in [5.41, 5.74) is 1.27. The van der Waals surface area contributed by atoms with Crippen molar-refractivity contribution in [3.05, 3.63) is 24.0 Å². The molecule has 2 rings (SSSR count). The van der Waals surface area contributed by atoms with Crippen LogP contribution in [-0.4, -0.2) is 21.8 Å². The maximum Gasteiger partial charge on any atom is 0.0693 e. The molecule has 1 aliphatic rings. The van der Waals surface area contributed by atoms with E-state index in [9.17, 15) is 5.11 Å². The topological polar surface area (TPSA) is 37.2 Å². The molecule has 0 radical (unpaired) electrons. The number of aromatic nitrogens is 1. The molecule has 0 bridgehead atoms. The van der Waals surface area contributed by atoms with Gasteiger partial charge in [0.25, 0.3) is 0 Å². The quantitative estimate of drug-likeness (QED) is 0.788. The van der Waals surface area contributed by atoms with E-state index < -0.39 is 0 Å². The second-order valence-corrected chi connectivity index (χ2v) is 4.45. The first-order valence-corrected chi connectivity index (χ1v) is 5.79. The van der Waals surface area contributed by atoms with Crippen molar-refractivity contribution in [3.63, 3.8) is 0 Å². The van der Waals surface area contributed by atoms with Gasteiger partial charge in [-0.05, 0) is 25.0 Å². The van der Waals surface area contributed by atoms with Crippen LogP contribution in [0.4, 0.5) is 0 Å². The Morgan fingerprint density at radius 1 is 1.47 bits per heavy atom. The molecule has 0 aromatic carbocycles. The predicted octanol–water partition coefficient (Wildman–Crippen LogP) is 1.42. The van der Waals surface area contributed by atoms with Crippen molar-refractivity contribution in [2.24, 2.45) is 7.05 Å². The van der Waals surface area contributed by atoms with Gasteiger partial charge in [-0.15, -0.1) is 0 Å². The van der Waals surface area contributed by atoms with E-state index in [-0.39, 0.29) is 12.1 Å². The first-order chi connectivity index (χ1) is 7.27. The molecule has 1 aliphatic carbocycles. The van der Waals surface area contributed by atoms with Crippen molar-refractivity contribution < 1.29 is 5.11 Å². The molecule has 1 aromatic rings. The van der Waals surface area contributed by atoms with Crippen LogP contribution in [0.3, 0.4) is 0 Å². The van der Waals surface area contributed by atoms with Gasteiger partial charge in [-0.25, -0.2) is 0 Å². The maximum absolute atomic E-state index is 9.80. The molecule has 0 spiro atoms. The van der Waals surface area contributed by atoms with Crippen molar-refractivity contribution in [2.75, 3.05) is 0 Å². The van der Waals surface area contributed by atoms with Gasteiger partial charge in [0.2, 0.25) is 0 Å². The standard InChI is InChI=1S/C12H20N2O/c1-14-8-4-5-10(14)9-13-11-6-2-3-7-12(11)15/h4-5,8,11-13,15H,2-3,6-7,9H2,1H3. The minimum atomic E-state index is -0.154. The molecule has 84 valence electrons. The molecule has 3 nitrogen and oxygen atoms in total. The highest BCUT2D eigenvalue weighted by Gasteiger charge is 2.22. The SMILES string of the molecule is Cn1cccc1CNC1CCCCC1O. The molecule has 1 fully saturated rings. The fourth-order valence-corrected chi connectivity index (χ4v) is 2.27. The lowest BCUT2D eigenvalue weighted by Crippen LogP contribution is -2.41. The Labute approximate surface area is 91.1 Å². The number of hydrogen-bond donors (Lipinski definition) is 2. The Bertz CT molecular complexity index is 308. The Hall–Kier alpha value is -0.800. The largest absolute Gasteiger partial charge is 0.392 e. The highest BCUT2D eigenvalue weighted by Crippen LogP contribution is 2.18. The maximum atomic E-state index is 9.80. The van der Waals surface area contributed by atoms with Crippen LogP contribution in [0.15, 0.2) is 18.3 Å². The Morgan fingerprint density at radius 3 is 2.93 bits per heavy atom. The van der Waals surface area contributed by atoms with E-state index in [4.69, 9.17) is 0 Å². The van der Waals surface area contributed by atoms with Crippen LogP contribution in [0.2, 0.25) is 0 Å². The molecule has 1 aromatic heterocycles. The Morgan fingerprint density at radius 2 is 2.27 bits per heavy atom. The second-order valence-electron chi connectivity index (χ2n) is 4.45. The van der Waals surface area contributed by atoms with Crippen molar-refractivity contribution in [2.45, 2.75) is 44.4 Å². The van der Waals surface area contributed by atoms with Crippen LogP contribution in [0.5, 0.6) is 0 Å². The second kappa shape index (κ2) is 4.81. The summed E-state index contributed by atoms with van der Waals surface area (Å²) in [5.74, 6) is 0. The summed E-state index contributed by atoms with van der Waals surface area (Å²) in [7, 11) is 2.05. The molecule has 3 heteroatoms. The van der Waals surface area contributed by atoms with E-state index in [1.165, 1.54) is 18.5 Å². The van der Waals surface area contributed by atoms with Gasteiger partial charge in [0.15, 0.2) is 0 Å². The number of nitrogens with zero attached hydrogens (tertiary/aromatic N) is 1. The average Bonchev–Trinajstić information content (AvgIpc) is 2.63. The van der Waals surface area contributed by atoms with Gasteiger partial charge in [-0.1, -0.05) is 12.8 Å². The van der Waals surface area contributed by atoms with Gasteiger partial charge in [0, 0.05) is 31.5 Å². The zero-order valence-electron chi connectivity index (χ0n) is 9.32. The van der Waals surface area contributed by atoms with Crippen LogP contribution in [0.25, 0.3) is 0 Å². The van der Waals surface area contributed by atoms with Crippen LogP contribution in [0, 0.1) is 0 Å². The minimum absolute atomic E-state index is 0.154. The summed E-state index contributed by atoms with van der Waals surface area (Å²) in [6.07, 6.45) is 6.36. The number of rotatable bonds is 3. The summed E-state index contributed by atoms with van der Waals surface area (Å²) in [6, 6.07) is 4.45. The van der Waals surface area contributed by atoms with Gasteiger partial charge in [0.05, 0.1) is 6.10 Å². The van der Waals surface area contributed by atoms with Gasteiger partial charge < -0.3 is 15.0 Å². The highest BCUT2D eigenvalue weighted by atomic mass is 16.3. The smallest absolute Gasteiger partial charge is 0.0693 e. The van der Waals surface area contributed by atoms with Crippen molar-refractivity contribution in [3.8, 4) is 0 Å². The normalized spacial score (nSPS) is 26.8. The monoisotopic (exact) mass is 208 g/mol. The molecular formula is C12H20N2O. The summed E-state index contributed by atoms with van der Waals surface area (Å²) in [5, 5.41) is 13.2. The summed E-state index contributed by atoms with van der Waals surface area (Å²) in [4.78, 5) is 0. The zero-order valence-corrected chi connectivity index (χ0v) is 9.32. The third-order valence-corrected chi connectivity index (χ3v) is 3.33.